The molecule has 0 saturated carbocycles. The summed E-state index contributed by atoms with van der Waals surface area (Å²) in [6.45, 7) is 6.13. The van der Waals surface area contributed by atoms with Crippen molar-refractivity contribution in [3.63, 3.8) is 0 Å². The van der Waals surface area contributed by atoms with Crippen molar-refractivity contribution >= 4 is 5.97 Å². The van der Waals surface area contributed by atoms with Crippen molar-refractivity contribution in [2.45, 2.75) is 39.3 Å². The molecule has 1 rings (SSSR count). The van der Waals surface area contributed by atoms with Crippen LogP contribution in [0.3, 0.4) is 0 Å². The molecule has 0 aliphatic carbocycles. The van der Waals surface area contributed by atoms with Crippen molar-refractivity contribution in [2.24, 2.45) is 0 Å². The van der Waals surface area contributed by atoms with Gasteiger partial charge in [-0.3, -0.25) is 10.1 Å². The Balaban J connectivity index is 2.68. The minimum absolute atomic E-state index is 0.0297. The smallest absolute Gasteiger partial charge is 0.323 e. The molecular formula is C15H20N2O2. The minimum Gasteiger partial charge on any atom is -0.465 e. The molecule has 0 aliphatic heterocycles. The lowest BCUT2D eigenvalue weighted by Gasteiger charge is -2.21. The largest absolute Gasteiger partial charge is 0.465 e. The highest BCUT2D eigenvalue weighted by Crippen LogP contribution is 2.14. The molecule has 0 fully saturated rings. The topological polar surface area (TPSA) is 62.1 Å². The first-order chi connectivity index (χ1) is 9.12. The molecule has 4 heteroatoms. The van der Waals surface area contributed by atoms with E-state index in [0.29, 0.717) is 18.6 Å². The quantitative estimate of drug-likeness (QED) is 0.798. The average molecular weight is 260 g/mol. The van der Waals surface area contributed by atoms with Crippen LogP contribution in [0.25, 0.3) is 0 Å². The Labute approximate surface area is 114 Å². The van der Waals surface area contributed by atoms with Gasteiger partial charge in [-0.25, -0.2) is 0 Å². The number of nitriles is 1. The first-order valence-electron chi connectivity index (χ1n) is 6.55. The Bertz CT molecular complexity index is 448. The summed E-state index contributed by atoms with van der Waals surface area (Å²) in [5.74, 6) is -0.217. The van der Waals surface area contributed by atoms with E-state index in [-0.39, 0.29) is 18.1 Å². The van der Waals surface area contributed by atoms with Crippen LogP contribution in [0.5, 0.6) is 0 Å². The molecule has 4 nitrogen and oxygen atoms in total. The van der Waals surface area contributed by atoms with Gasteiger partial charge in [0, 0.05) is 6.04 Å². The van der Waals surface area contributed by atoms with Crippen LogP contribution < -0.4 is 5.32 Å². The summed E-state index contributed by atoms with van der Waals surface area (Å²) in [7, 11) is 0. The van der Waals surface area contributed by atoms with Gasteiger partial charge in [-0.1, -0.05) is 19.1 Å². The summed E-state index contributed by atoms with van der Waals surface area (Å²) in [5.41, 5.74) is 1.68. The van der Waals surface area contributed by atoms with Crippen LogP contribution in [-0.4, -0.2) is 18.6 Å². The summed E-state index contributed by atoms with van der Waals surface area (Å²) < 4.78 is 5.02. The van der Waals surface area contributed by atoms with Crippen LogP contribution >= 0.6 is 0 Å². The molecule has 0 unspecified atom stereocenters. The summed E-state index contributed by atoms with van der Waals surface area (Å²) in [4.78, 5) is 11.7. The normalized spacial score (nSPS) is 13.4. The third kappa shape index (κ3) is 4.38. The molecule has 0 heterocycles. The Kier molecular flexibility index (Phi) is 6.04. The first-order valence-corrected chi connectivity index (χ1v) is 6.55. The number of nitrogens with zero attached hydrogens (tertiary/aromatic N) is 1. The summed E-state index contributed by atoms with van der Waals surface area (Å²) in [6.07, 6.45) is 0.680. The lowest BCUT2D eigenvalue weighted by Crippen LogP contribution is -2.39. The number of rotatable bonds is 6. The second-order valence-electron chi connectivity index (χ2n) is 4.34. The van der Waals surface area contributed by atoms with Crippen LogP contribution in [0.4, 0.5) is 0 Å². The van der Waals surface area contributed by atoms with Gasteiger partial charge >= 0.3 is 5.97 Å². The standard InChI is InChI=1S/C15H20N2O2/c1-4-14(15(18)19-5-2)17-11(3)13-8-6-12(10-16)7-9-13/h6-9,11,14,17H,4-5H2,1-3H3/t11-,14+/m1/s1. The van der Waals surface area contributed by atoms with E-state index in [4.69, 9.17) is 10.00 Å². The molecule has 0 radical (unpaired) electrons. The SMILES string of the molecule is CCOC(=O)[C@H](CC)N[C@H](C)c1ccc(C#N)cc1. The molecule has 2 atom stereocenters. The van der Waals surface area contributed by atoms with Crippen molar-refractivity contribution in [1.82, 2.24) is 5.32 Å². The van der Waals surface area contributed by atoms with Crippen LogP contribution in [0, 0.1) is 11.3 Å². The van der Waals surface area contributed by atoms with Crippen LogP contribution in [-0.2, 0) is 9.53 Å². The maximum atomic E-state index is 11.7. The van der Waals surface area contributed by atoms with E-state index in [2.05, 4.69) is 11.4 Å². The van der Waals surface area contributed by atoms with E-state index < -0.39 is 0 Å². The van der Waals surface area contributed by atoms with Crippen LogP contribution in [0.1, 0.15) is 44.4 Å². The summed E-state index contributed by atoms with van der Waals surface area (Å²) >= 11 is 0. The van der Waals surface area contributed by atoms with Crippen molar-refractivity contribution in [1.29, 1.82) is 5.26 Å². The van der Waals surface area contributed by atoms with E-state index in [0.717, 1.165) is 5.56 Å². The first kappa shape index (κ1) is 15.2. The molecule has 0 amide bonds. The minimum atomic E-state index is -0.300. The number of hydrogen-bond donors (Lipinski definition) is 1. The number of carbonyl (C=O) groups excluding carboxylic acids is 1. The number of benzene rings is 1. The Hall–Kier alpha value is -1.86. The van der Waals surface area contributed by atoms with Crippen molar-refractivity contribution in [3.05, 3.63) is 35.4 Å². The van der Waals surface area contributed by atoms with E-state index in [1.165, 1.54) is 0 Å². The molecule has 1 N–H and O–H groups in total. The number of hydrogen-bond acceptors (Lipinski definition) is 4. The van der Waals surface area contributed by atoms with E-state index in [1.807, 2.05) is 26.0 Å². The third-order valence-electron chi connectivity index (χ3n) is 2.97. The molecule has 102 valence electrons. The molecular weight excluding hydrogens is 240 g/mol. The van der Waals surface area contributed by atoms with Crippen molar-refractivity contribution < 1.29 is 9.53 Å². The Morgan fingerprint density at radius 1 is 1.37 bits per heavy atom. The van der Waals surface area contributed by atoms with Gasteiger partial charge in [0.05, 0.1) is 18.2 Å². The fourth-order valence-electron chi connectivity index (χ4n) is 1.84. The second kappa shape index (κ2) is 7.55. The molecule has 0 saturated heterocycles. The van der Waals surface area contributed by atoms with E-state index in [9.17, 15) is 4.79 Å². The maximum absolute atomic E-state index is 11.7. The predicted molar refractivity (Wildman–Crippen MR) is 73.4 cm³/mol. The van der Waals surface area contributed by atoms with Gasteiger partial charge in [0.25, 0.3) is 0 Å². The monoisotopic (exact) mass is 260 g/mol. The van der Waals surface area contributed by atoms with Gasteiger partial charge in [-0.15, -0.1) is 0 Å². The third-order valence-corrected chi connectivity index (χ3v) is 2.97. The van der Waals surface area contributed by atoms with Gasteiger partial charge in [-0.05, 0) is 38.0 Å². The highest BCUT2D eigenvalue weighted by molar-refractivity contribution is 5.75. The molecule has 1 aromatic carbocycles. The zero-order chi connectivity index (χ0) is 14.3. The molecule has 0 aliphatic rings. The summed E-state index contributed by atoms with van der Waals surface area (Å²) in [5, 5.41) is 12.0. The number of ether oxygens (including phenoxy) is 1. The van der Waals surface area contributed by atoms with Gasteiger partial charge in [-0.2, -0.15) is 5.26 Å². The van der Waals surface area contributed by atoms with E-state index >= 15 is 0 Å². The number of esters is 1. The van der Waals surface area contributed by atoms with Crippen LogP contribution in [0.2, 0.25) is 0 Å². The number of nitrogens with one attached hydrogen (secondary N) is 1. The van der Waals surface area contributed by atoms with Gasteiger partial charge in [0.15, 0.2) is 0 Å². The fraction of sp³-hybridized carbons (Fsp3) is 0.467. The van der Waals surface area contributed by atoms with Gasteiger partial charge < -0.3 is 4.74 Å². The Morgan fingerprint density at radius 2 is 2.00 bits per heavy atom. The van der Waals surface area contributed by atoms with Crippen molar-refractivity contribution in [2.75, 3.05) is 6.61 Å². The second-order valence-corrected chi connectivity index (χ2v) is 4.34. The van der Waals surface area contributed by atoms with Gasteiger partial charge in [0.1, 0.15) is 6.04 Å². The lowest BCUT2D eigenvalue weighted by atomic mass is 10.0. The number of carbonyl (C=O) groups is 1. The van der Waals surface area contributed by atoms with Gasteiger partial charge in [0.2, 0.25) is 0 Å². The van der Waals surface area contributed by atoms with Crippen molar-refractivity contribution in [3.8, 4) is 6.07 Å². The van der Waals surface area contributed by atoms with E-state index in [1.54, 1.807) is 19.1 Å². The Morgan fingerprint density at radius 3 is 2.47 bits per heavy atom. The predicted octanol–water partition coefficient (Wildman–Crippen LogP) is 2.55. The molecule has 0 aromatic heterocycles. The zero-order valence-electron chi connectivity index (χ0n) is 11.6. The summed E-state index contributed by atoms with van der Waals surface area (Å²) in [6, 6.07) is 9.16. The molecule has 19 heavy (non-hydrogen) atoms. The van der Waals surface area contributed by atoms with Crippen LogP contribution in [0.15, 0.2) is 24.3 Å². The molecule has 1 aromatic rings. The zero-order valence-corrected chi connectivity index (χ0v) is 11.6. The molecule has 0 bridgehead atoms. The average Bonchev–Trinajstić information content (AvgIpc) is 2.44. The molecule has 0 spiro atoms. The fourth-order valence-corrected chi connectivity index (χ4v) is 1.84. The lowest BCUT2D eigenvalue weighted by molar-refractivity contribution is -0.145. The maximum Gasteiger partial charge on any atom is 0.323 e. The highest BCUT2D eigenvalue weighted by Gasteiger charge is 2.20. The highest BCUT2D eigenvalue weighted by atomic mass is 16.5.